The van der Waals surface area contributed by atoms with Gasteiger partial charge in [0.05, 0.1) is 12.6 Å². The molecule has 1 amide bonds. The predicted molar refractivity (Wildman–Crippen MR) is 117 cm³/mol. The number of fused-ring (bicyclic) bond motifs is 3. The standard InChI is InChI=1S/C25H23N3O2/c1-2-30-19-9-7-17(8-10-19)24-23-21(20-5-3-4-6-22(20)27-23)13-16-28(24)25(29)18-11-14-26-15-12-18/h3-12,14-15,24,27H,2,13,16H2,1H3. The van der Waals surface area contributed by atoms with Crippen LogP contribution >= 0.6 is 0 Å². The Morgan fingerprint density at radius 1 is 1.10 bits per heavy atom. The smallest absolute Gasteiger partial charge is 0.254 e. The number of hydrogen-bond donors (Lipinski definition) is 1. The van der Waals surface area contributed by atoms with E-state index in [1.807, 2.05) is 30.0 Å². The second-order valence-corrected chi connectivity index (χ2v) is 7.45. The normalized spacial score (nSPS) is 15.8. The molecule has 1 unspecified atom stereocenters. The summed E-state index contributed by atoms with van der Waals surface area (Å²) >= 11 is 0. The number of rotatable bonds is 4. The minimum atomic E-state index is -0.183. The molecule has 5 heteroatoms. The van der Waals surface area contributed by atoms with Crippen molar-refractivity contribution in [2.75, 3.05) is 13.2 Å². The van der Waals surface area contributed by atoms with Crippen LogP contribution in [0, 0.1) is 0 Å². The molecule has 30 heavy (non-hydrogen) atoms. The van der Waals surface area contributed by atoms with Gasteiger partial charge in [0.1, 0.15) is 5.75 Å². The van der Waals surface area contributed by atoms with Crippen LogP contribution in [0.3, 0.4) is 0 Å². The third-order valence-electron chi connectivity index (χ3n) is 5.73. The average molecular weight is 397 g/mol. The van der Waals surface area contributed by atoms with E-state index in [-0.39, 0.29) is 11.9 Å². The Morgan fingerprint density at radius 3 is 2.63 bits per heavy atom. The number of H-pyrrole nitrogens is 1. The molecule has 3 heterocycles. The summed E-state index contributed by atoms with van der Waals surface area (Å²) in [5, 5.41) is 1.24. The summed E-state index contributed by atoms with van der Waals surface area (Å²) in [6.45, 7) is 3.26. The van der Waals surface area contributed by atoms with E-state index in [0.29, 0.717) is 18.7 Å². The minimum absolute atomic E-state index is 0.0144. The van der Waals surface area contributed by atoms with E-state index in [2.05, 4.69) is 40.3 Å². The lowest BCUT2D eigenvalue weighted by Gasteiger charge is -2.36. The maximum absolute atomic E-state index is 13.4. The lowest BCUT2D eigenvalue weighted by atomic mass is 9.91. The second kappa shape index (κ2) is 7.67. The number of aromatic nitrogens is 2. The molecule has 150 valence electrons. The van der Waals surface area contributed by atoms with Crippen molar-refractivity contribution < 1.29 is 9.53 Å². The molecule has 1 aliphatic rings. The summed E-state index contributed by atoms with van der Waals surface area (Å²) in [5.74, 6) is 0.849. The Balaban J connectivity index is 1.63. The number of para-hydroxylation sites is 1. The average Bonchev–Trinajstić information content (AvgIpc) is 3.18. The lowest BCUT2D eigenvalue weighted by Crippen LogP contribution is -2.40. The van der Waals surface area contributed by atoms with E-state index in [0.717, 1.165) is 28.9 Å². The van der Waals surface area contributed by atoms with Gasteiger partial charge in [-0.15, -0.1) is 0 Å². The van der Waals surface area contributed by atoms with Crippen LogP contribution < -0.4 is 4.74 Å². The molecule has 0 aliphatic carbocycles. The first-order chi connectivity index (χ1) is 14.8. The number of ether oxygens (including phenoxy) is 1. The number of carbonyl (C=O) groups is 1. The van der Waals surface area contributed by atoms with Gasteiger partial charge in [0, 0.05) is 41.1 Å². The zero-order chi connectivity index (χ0) is 20.5. The van der Waals surface area contributed by atoms with Crippen LogP contribution in [0.5, 0.6) is 5.75 Å². The molecule has 2 aromatic heterocycles. The third-order valence-corrected chi connectivity index (χ3v) is 5.73. The summed E-state index contributed by atoms with van der Waals surface area (Å²) in [4.78, 5) is 23.1. The molecule has 0 radical (unpaired) electrons. The molecule has 0 fully saturated rings. The fourth-order valence-corrected chi connectivity index (χ4v) is 4.38. The van der Waals surface area contributed by atoms with Crippen LogP contribution in [-0.4, -0.2) is 33.9 Å². The van der Waals surface area contributed by atoms with Gasteiger partial charge < -0.3 is 14.6 Å². The second-order valence-electron chi connectivity index (χ2n) is 7.45. The highest BCUT2D eigenvalue weighted by atomic mass is 16.5. The number of benzene rings is 2. The maximum Gasteiger partial charge on any atom is 0.254 e. The van der Waals surface area contributed by atoms with Crippen molar-refractivity contribution in [2.24, 2.45) is 0 Å². The van der Waals surface area contributed by atoms with Gasteiger partial charge in [0.2, 0.25) is 0 Å². The molecule has 1 N–H and O–H groups in total. The fraction of sp³-hybridized carbons (Fsp3) is 0.200. The van der Waals surface area contributed by atoms with Crippen LogP contribution in [0.25, 0.3) is 10.9 Å². The molecule has 0 spiro atoms. The first kappa shape index (κ1) is 18.4. The Kier molecular flexibility index (Phi) is 4.71. The number of pyridine rings is 1. The van der Waals surface area contributed by atoms with Gasteiger partial charge >= 0.3 is 0 Å². The first-order valence-corrected chi connectivity index (χ1v) is 10.3. The summed E-state index contributed by atoms with van der Waals surface area (Å²) < 4.78 is 5.61. The van der Waals surface area contributed by atoms with Crippen LogP contribution in [0.15, 0.2) is 73.1 Å². The van der Waals surface area contributed by atoms with Gasteiger partial charge in [0.15, 0.2) is 0 Å². The molecule has 0 saturated carbocycles. The Labute approximate surface area is 175 Å². The van der Waals surface area contributed by atoms with Crippen LogP contribution in [0.2, 0.25) is 0 Å². The van der Waals surface area contributed by atoms with Crippen molar-refractivity contribution in [3.63, 3.8) is 0 Å². The Bertz CT molecular complexity index is 1180. The molecule has 5 rings (SSSR count). The largest absolute Gasteiger partial charge is 0.494 e. The highest BCUT2D eigenvalue weighted by Gasteiger charge is 2.34. The van der Waals surface area contributed by atoms with Crippen LogP contribution in [0.4, 0.5) is 0 Å². The number of nitrogens with zero attached hydrogens (tertiary/aromatic N) is 2. The van der Waals surface area contributed by atoms with Crippen molar-refractivity contribution in [1.29, 1.82) is 0 Å². The van der Waals surface area contributed by atoms with Gasteiger partial charge in [0.25, 0.3) is 5.91 Å². The predicted octanol–water partition coefficient (Wildman–Crippen LogP) is 4.75. The zero-order valence-corrected chi connectivity index (χ0v) is 16.8. The number of hydrogen-bond acceptors (Lipinski definition) is 3. The summed E-state index contributed by atoms with van der Waals surface area (Å²) in [6, 6.07) is 19.8. The van der Waals surface area contributed by atoms with Crippen molar-refractivity contribution in [2.45, 2.75) is 19.4 Å². The zero-order valence-electron chi connectivity index (χ0n) is 16.8. The lowest BCUT2D eigenvalue weighted by molar-refractivity contribution is 0.0692. The molecule has 0 saturated heterocycles. The number of aromatic amines is 1. The van der Waals surface area contributed by atoms with Gasteiger partial charge in [-0.1, -0.05) is 30.3 Å². The quantitative estimate of drug-likeness (QED) is 0.541. The highest BCUT2D eigenvalue weighted by Crippen LogP contribution is 2.39. The first-order valence-electron chi connectivity index (χ1n) is 10.3. The maximum atomic E-state index is 13.4. The van der Waals surface area contributed by atoms with E-state index >= 15 is 0 Å². The van der Waals surface area contributed by atoms with Gasteiger partial charge in [-0.05, 0) is 54.8 Å². The molecule has 1 atom stereocenters. The van der Waals surface area contributed by atoms with E-state index in [4.69, 9.17) is 4.74 Å². The molecular weight excluding hydrogens is 374 g/mol. The van der Waals surface area contributed by atoms with Gasteiger partial charge in [-0.25, -0.2) is 0 Å². The van der Waals surface area contributed by atoms with Crippen LogP contribution in [0.1, 0.15) is 40.1 Å². The molecule has 5 nitrogen and oxygen atoms in total. The van der Waals surface area contributed by atoms with Gasteiger partial charge in [-0.3, -0.25) is 9.78 Å². The molecule has 1 aliphatic heterocycles. The van der Waals surface area contributed by atoms with E-state index in [1.54, 1.807) is 24.5 Å². The highest BCUT2D eigenvalue weighted by molar-refractivity contribution is 5.95. The SMILES string of the molecule is CCOc1ccc(C2c3[nH]c4ccccc4c3CCN2C(=O)c2ccncc2)cc1. The monoisotopic (exact) mass is 397 g/mol. The van der Waals surface area contributed by atoms with E-state index < -0.39 is 0 Å². The Morgan fingerprint density at radius 2 is 1.87 bits per heavy atom. The third kappa shape index (κ3) is 3.12. The van der Waals surface area contributed by atoms with E-state index in [9.17, 15) is 4.79 Å². The van der Waals surface area contributed by atoms with Crippen molar-refractivity contribution >= 4 is 16.8 Å². The number of amides is 1. The minimum Gasteiger partial charge on any atom is -0.494 e. The van der Waals surface area contributed by atoms with Crippen LogP contribution in [-0.2, 0) is 6.42 Å². The summed E-state index contributed by atoms with van der Waals surface area (Å²) in [6.07, 6.45) is 4.15. The van der Waals surface area contributed by atoms with Crippen molar-refractivity contribution in [1.82, 2.24) is 14.9 Å². The van der Waals surface area contributed by atoms with Crippen molar-refractivity contribution in [3.05, 3.63) is 95.4 Å². The van der Waals surface area contributed by atoms with E-state index in [1.165, 1.54) is 10.9 Å². The summed E-state index contributed by atoms with van der Waals surface area (Å²) in [5.41, 5.74) is 5.21. The summed E-state index contributed by atoms with van der Waals surface area (Å²) in [7, 11) is 0. The molecular formula is C25H23N3O2. The van der Waals surface area contributed by atoms with Crippen molar-refractivity contribution in [3.8, 4) is 5.75 Å². The Hall–Kier alpha value is -3.60. The topological polar surface area (TPSA) is 58.2 Å². The number of carbonyl (C=O) groups excluding carboxylic acids is 1. The molecule has 4 aromatic rings. The fourth-order valence-electron chi connectivity index (χ4n) is 4.38. The number of nitrogens with one attached hydrogen (secondary N) is 1. The van der Waals surface area contributed by atoms with Gasteiger partial charge in [-0.2, -0.15) is 0 Å². The molecule has 2 aromatic carbocycles. The molecule has 0 bridgehead atoms.